The van der Waals surface area contributed by atoms with Gasteiger partial charge in [-0.15, -0.1) is 18.3 Å². The molecule has 0 radical (unpaired) electrons. The third kappa shape index (κ3) is 4.55. The van der Waals surface area contributed by atoms with Crippen LogP contribution < -0.4 is 10.1 Å². The molecule has 4 heteroatoms. The summed E-state index contributed by atoms with van der Waals surface area (Å²) in [5.74, 6) is 1.90. The highest BCUT2D eigenvalue weighted by atomic mass is 32.2. The molecular weight excluding hydrogens is 342 g/mol. The molecule has 26 heavy (non-hydrogen) atoms. The molecule has 0 aliphatic rings. The second-order valence-corrected chi connectivity index (χ2v) is 6.52. The normalized spacial score (nSPS) is 10.2. The minimum absolute atomic E-state index is 0.165. The predicted octanol–water partition coefficient (Wildman–Crippen LogP) is 6.01. The molecule has 0 saturated heterocycles. The number of carbonyl (C=O) groups excluding carboxylic acids is 1. The fraction of sp³-hybridized carbons (Fsp3) is 0.0455. The van der Waals surface area contributed by atoms with Gasteiger partial charge in [0.05, 0.1) is 11.3 Å². The minimum Gasteiger partial charge on any atom is -0.455 e. The fourth-order valence-corrected chi connectivity index (χ4v) is 3.18. The molecule has 0 spiro atoms. The van der Waals surface area contributed by atoms with Crippen LogP contribution in [0.2, 0.25) is 0 Å². The van der Waals surface area contributed by atoms with Crippen LogP contribution in [0.4, 0.5) is 5.69 Å². The van der Waals surface area contributed by atoms with Gasteiger partial charge in [0.15, 0.2) is 5.75 Å². The standard InChI is InChI=1S/C22H19NO2S/c1-2-16-26-21-15-9-6-12-18(21)22(24)23-19-13-7-8-14-20(19)25-17-10-4-3-5-11-17/h2-15H,1,16H2,(H,23,24). The smallest absolute Gasteiger partial charge is 0.256 e. The first-order chi connectivity index (χ1) is 12.8. The lowest BCUT2D eigenvalue weighted by molar-refractivity contribution is 0.102. The third-order valence-electron chi connectivity index (χ3n) is 3.59. The van der Waals surface area contributed by atoms with Gasteiger partial charge in [-0.05, 0) is 36.4 Å². The lowest BCUT2D eigenvalue weighted by Crippen LogP contribution is -2.13. The molecule has 0 aliphatic heterocycles. The number of benzene rings is 3. The van der Waals surface area contributed by atoms with Crippen molar-refractivity contribution in [1.82, 2.24) is 0 Å². The van der Waals surface area contributed by atoms with Crippen molar-refractivity contribution in [3.63, 3.8) is 0 Å². The average Bonchev–Trinajstić information content (AvgIpc) is 2.69. The molecule has 3 aromatic carbocycles. The summed E-state index contributed by atoms with van der Waals surface area (Å²) in [6.07, 6.45) is 1.82. The average molecular weight is 361 g/mol. The lowest BCUT2D eigenvalue weighted by atomic mass is 10.2. The van der Waals surface area contributed by atoms with Crippen LogP contribution in [0.1, 0.15) is 10.4 Å². The molecule has 0 bridgehead atoms. The molecule has 0 aliphatic carbocycles. The molecule has 3 rings (SSSR count). The molecule has 1 N–H and O–H groups in total. The van der Waals surface area contributed by atoms with Gasteiger partial charge in [0.25, 0.3) is 5.91 Å². The largest absolute Gasteiger partial charge is 0.455 e. The second-order valence-electron chi connectivity index (χ2n) is 5.46. The topological polar surface area (TPSA) is 38.3 Å². The van der Waals surface area contributed by atoms with Gasteiger partial charge >= 0.3 is 0 Å². The first-order valence-corrected chi connectivity index (χ1v) is 9.22. The zero-order valence-electron chi connectivity index (χ0n) is 14.2. The van der Waals surface area contributed by atoms with E-state index in [2.05, 4.69) is 11.9 Å². The zero-order valence-corrected chi connectivity index (χ0v) is 15.0. The molecule has 130 valence electrons. The Hall–Kier alpha value is -2.98. The van der Waals surface area contributed by atoms with E-state index < -0.39 is 0 Å². The van der Waals surface area contributed by atoms with Gasteiger partial charge in [-0.25, -0.2) is 0 Å². The summed E-state index contributed by atoms with van der Waals surface area (Å²) in [7, 11) is 0. The Morgan fingerprint density at radius 2 is 1.65 bits per heavy atom. The highest BCUT2D eigenvalue weighted by molar-refractivity contribution is 7.99. The maximum Gasteiger partial charge on any atom is 0.256 e. The van der Waals surface area contributed by atoms with Crippen molar-refractivity contribution < 1.29 is 9.53 Å². The van der Waals surface area contributed by atoms with Crippen molar-refractivity contribution >= 4 is 23.4 Å². The molecule has 3 aromatic rings. The fourth-order valence-electron chi connectivity index (χ4n) is 2.39. The van der Waals surface area contributed by atoms with E-state index in [1.54, 1.807) is 11.8 Å². The van der Waals surface area contributed by atoms with Gasteiger partial charge in [0.1, 0.15) is 5.75 Å². The first-order valence-electron chi connectivity index (χ1n) is 8.24. The van der Waals surface area contributed by atoms with E-state index in [1.165, 1.54) is 0 Å². The summed E-state index contributed by atoms with van der Waals surface area (Å²) in [5.41, 5.74) is 1.26. The number of para-hydroxylation sites is 3. The highest BCUT2D eigenvalue weighted by Gasteiger charge is 2.13. The van der Waals surface area contributed by atoms with Crippen LogP contribution in [0.3, 0.4) is 0 Å². The Kier molecular flexibility index (Phi) is 6.12. The number of anilines is 1. The van der Waals surface area contributed by atoms with Crippen LogP contribution in [0, 0.1) is 0 Å². The predicted molar refractivity (Wildman–Crippen MR) is 108 cm³/mol. The van der Waals surface area contributed by atoms with Gasteiger partial charge in [0, 0.05) is 10.6 Å². The summed E-state index contributed by atoms with van der Waals surface area (Å²) >= 11 is 1.58. The van der Waals surface area contributed by atoms with Crippen LogP contribution in [-0.2, 0) is 0 Å². The maximum atomic E-state index is 12.8. The van der Waals surface area contributed by atoms with Gasteiger partial charge in [0.2, 0.25) is 0 Å². The Morgan fingerprint density at radius 1 is 0.962 bits per heavy atom. The Balaban J connectivity index is 1.81. The number of thioether (sulfide) groups is 1. The summed E-state index contributed by atoms with van der Waals surface area (Å²) < 4.78 is 5.91. The van der Waals surface area contributed by atoms with E-state index in [1.807, 2.05) is 84.9 Å². The van der Waals surface area contributed by atoms with Crippen molar-refractivity contribution in [3.05, 3.63) is 97.1 Å². The van der Waals surface area contributed by atoms with Crippen LogP contribution in [-0.4, -0.2) is 11.7 Å². The van der Waals surface area contributed by atoms with Gasteiger partial charge in [-0.2, -0.15) is 0 Å². The van der Waals surface area contributed by atoms with Crippen molar-refractivity contribution in [3.8, 4) is 11.5 Å². The van der Waals surface area contributed by atoms with Crippen LogP contribution >= 0.6 is 11.8 Å². The van der Waals surface area contributed by atoms with Crippen molar-refractivity contribution in [2.24, 2.45) is 0 Å². The molecule has 0 saturated carbocycles. The Labute approximate surface area is 157 Å². The van der Waals surface area contributed by atoms with Gasteiger partial charge < -0.3 is 10.1 Å². The zero-order chi connectivity index (χ0) is 18.2. The van der Waals surface area contributed by atoms with E-state index in [9.17, 15) is 4.79 Å². The molecular formula is C22H19NO2S. The molecule has 0 atom stereocenters. The molecule has 0 heterocycles. The van der Waals surface area contributed by atoms with E-state index in [4.69, 9.17) is 4.74 Å². The van der Waals surface area contributed by atoms with E-state index in [0.717, 1.165) is 16.4 Å². The van der Waals surface area contributed by atoms with Crippen LogP contribution in [0.25, 0.3) is 0 Å². The van der Waals surface area contributed by atoms with Crippen LogP contribution in [0.5, 0.6) is 11.5 Å². The Bertz CT molecular complexity index is 893. The minimum atomic E-state index is -0.165. The number of hydrogen-bond donors (Lipinski definition) is 1. The third-order valence-corrected chi connectivity index (χ3v) is 4.66. The van der Waals surface area contributed by atoms with Gasteiger partial charge in [-0.3, -0.25) is 4.79 Å². The quantitative estimate of drug-likeness (QED) is 0.414. The van der Waals surface area contributed by atoms with E-state index in [0.29, 0.717) is 17.0 Å². The SMILES string of the molecule is C=CCSc1ccccc1C(=O)Nc1ccccc1Oc1ccccc1. The molecule has 1 amide bonds. The second kappa shape index (κ2) is 8.92. The molecule has 0 unspecified atom stereocenters. The summed E-state index contributed by atoms with van der Waals surface area (Å²) in [6, 6.07) is 24.4. The van der Waals surface area contributed by atoms with Crippen molar-refractivity contribution in [2.45, 2.75) is 4.90 Å². The number of hydrogen-bond acceptors (Lipinski definition) is 3. The first kappa shape index (κ1) is 17.8. The van der Waals surface area contributed by atoms with E-state index in [-0.39, 0.29) is 5.91 Å². The molecule has 0 fully saturated rings. The van der Waals surface area contributed by atoms with Gasteiger partial charge in [-0.1, -0.05) is 48.5 Å². The van der Waals surface area contributed by atoms with Crippen molar-refractivity contribution in [1.29, 1.82) is 0 Å². The Morgan fingerprint density at radius 3 is 2.46 bits per heavy atom. The van der Waals surface area contributed by atoms with E-state index >= 15 is 0 Å². The highest BCUT2D eigenvalue weighted by Crippen LogP contribution is 2.30. The summed E-state index contributed by atoms with van der Waals surface area (Å²) in [4.78, 5) is 13.7. The number of rotatable bonds is 7. The number of amides is 1. The molecule has 0 aromatic heterocycles. The monoisotopic (exact) mass is 361 g/mol. The number of carbonyl (C=O) groups is 1. The maximum absolute atomic E-state index is 12.8. The summed E-state index contributed by atoms with van der Waals surface area (Å²) in [5, 5.41) is 2.96. The number of nitrogens with one attached hydrogen (secondary N) is 1. The molecule has 3 nitrogen and oxygen atoms in total. The van der Waals surface area contributed by atoms with Crippen molar-refractivity contribution in [2.75, 3.05) is 11.1 Å². The lowest BCUT2D eigenvalue weighted by Gasteiger charge is -2.13. The summed E-state index contributed by atoms with van der Waals surface area (Å²) in [6.45, 7) is 3.73. The van der Waals surface area contributed by atoms with Crippen LogP contribution in [0.15, 0.2) is 96.4 Å². The number of ether oxygens (including phenoxy) is 1.